The second-order valence-electron chi connectivity index (χ2n) is 9.07. The first-order valence-electron chi connectivity index (χ1n) is 9.43. The van der Waals surface area contributed by atoms with Gasteiger partial charge in [0.1, 0.15) is 0 Å². The second kappa shape index (κ2) is 6.84. The molecule has 1 unspecified atom stereocenters. The van der Waals surface area contributed by atoms with Gasteiger partial charge in [0.2, 0.25) is 0 Å². The Kier molecular flexibility index (Phi) is 5.57. The summed E-state index contributed by atoms with van der Waals surface area (Å²) in [6, 6.07) is 7.10. The molecule has 1 saturated heterocycles. The molecule has 0 bridgehead atoms. The maximum Gasteiger partial charge on any atom is 0.458 e. The summed E-state index contributed by atoms with van der Waals surface area (Å²) in [6.07, 6.45) is 0.895. The zero-order valence-corrected chi connectivity index (χ0v) is 17.1. The van der Waals surface area contributed by atoms with Crippen LogP contribution in [-0.2, 0) is 9.31 Å². The van der Waals surface area contributed by atoms with Crippen molar-refractivity contribution in [2.75, 3.05) is 0 Å². The predicted molar refractivity (Wildman–Crippen MR) is 104 cm³/mol. The summed E-state index contributed by atoms with van der Waals surface area (Å²) in [5.41, 5.74) is 3.76. The molecule has 1 aromatic carbocycles. The van der Waals surface area contributed by atoms with Crippen LogP contribution in [0.4, 0.5) is 0 Å². The molecule has 1 aliphatic heterocycles. The molecular weight excluding hydrogens is 295 g/mol. The molecule has 134 valence electrons. The van der Waals surface area contributed by atoms with E-state index in [0.717, 1.165) is 6.32 Å². The number of rotatable bonds is 5. The molecular formula is C21H35BO2. The minimum Gasteiger partial charge on any atom is -0.403 e. The topological polar surface area (TPSA) is 18.5 Å². The Labute approximate surface area is 149 Å². The molecule has 0 radical (unpaired) electrons. The Morgan fingerprint density at radius 1 is 0.750 bits per heavy atom. The van der Waals surface area contributed by atoms with Crippen molar-refractivity contribution in [1.82, 2.24) is 0 Å². The summed E-state index contributed by atoms with van der Waals surface area (Å²) in [4.78, 5) is 0. The van der Waals surface area contributed by atoms with Crippen LogP contribution < -0.4 is 0 Å². The van der Waals surface area contributed by atoms with Crippen LogP contribution in [0.15, 0.2) is 18.2 Å². The summed E-state index contributed by atoms with van der Waals surface area (Å²) < 4.78 is 12.4. The van der Waals surface area contributed by atoms with Gasteiger partial charge in [-0.05, 0) is 68.5 Å². The minimum atomic E-state index is -0.250. The van der Waals surface area contributed by atoms with E-state index in [9.17, 15) is 0 Å². The van der Waals surface area contributed by atoms with Crippen LogP contribution >= 0.6 is 0 Å². The monoisotopic (exact) mass is 330 g/mol. The molecule has 1 heterocycles. The van der Waals surface area contributed by atoms with Crippen LogP contribution in [0.1, 0.15) is 96.8 Å². The van der Waals surface area contributed by atoms with Crippen LogP contribution in [-0.4, -0.2) is 18.3 Å². The highest BCUT2D eigenvalue weighted by atomic mass is 16.7. The van der Waals surface area contributed by atoms with Gasteiger partial charge >= 0.3 is 7.12 Å². The van der Waals surface area contributed by atoms with Crippen LogP contribution in [0.5, 0.6) is 0 Å². The fourth-order valence-corrected chi connectivity index (χ4v) is 3.14. The van der Waals surface area contributed by atoms with Gasteiger partial charge in [0, 0.05) is 0 Å². The summed E-state index contributed by atoms with van der Waals surface area (Å²) in [5, 5.41) is 0. The van der Waals surface area contributed by atoms with Crippen molar-refractivity contribution in [3.05, 3.63) is 34.9 Å². The zero-order chi connectivity index (χ0) is 18.3. The van der Waals surface area contributed by atoms with Gasteiger partial charge in [-0.1, -0.05) is 52.8 Å². The molecule has 2 rings (SSSR count). The molecule has 0 spiro atoms. The van der Waals surface area contributed by atoms with Crippen LogP contribution in [0, 0.1) is 0 Å². The molecule has 0 aliphatic carbocycles. The van der Waals surface area contributed by atoms with Crippen molar-refractivity contribution < 1.29 is 9.31 Å². The van der Waals surface area contributed by atoms with Gasteiger partial charge in [0.25, 0.3) is 0 Å². The lowest BCUT2D eigenvalue weighted by Crippen LogP contribution is -2.41. The minimum absolute atomic E-state index is 0.129. The largest absolute Gasteiger partial charge is 0.458 e. The van der Waals surface area contributed by atoms with E-state index in [2.05, 4.69) is 80.5 Å². The van der Waals surface area contributed by atoms with E-state index in [-0.39, 0.29) is 18.3 Å². The van der Waals surface area contributed by atoms with E-state index >= 15 is 0 Å². The molecule has 0 N–H and O–H groups in total. The van der Waals surface area contributed by atoms with E-state index < -0.39 is 0 Å². The van der Waals surface area contributed by atoms with Gasteiger partial charge in [0.05, 0.1) is 11.2 Å². The van der Waals surface area contributed by atoms with Crippen molar-refractivity contribution in [3.8, 4) is 0 Å². The number of hydrogen-bond acceptors (Lipinski definition) is 2. The Morgan fingerprint density at radius 3 is 1.50 bits per heavy atom. The van der Waals surface area contributed by atoms with Gasteiger partial charge in [-0.2, -0.15) is 0 Å². The van der Waals surface area contributed by atoms with E-state index in [1.807, 2.05) is 0 Å². The first kappa shape index (κ1) is 19.5. The summed E-state index contributed by atoms with van der Waals surface area (Å²) in [5.74, 6) is 1.51. The van der Waals surface area contributed by atoms with Gasteiger partial charge in [-0.3, -0.25) is 0 Å². The zero-order valence-electron chi connectivity index (χ0n) is 17.1. The highest BCUT2D eigenvalue weighted by Crippen LogP contribution is 2.40. The second-order valence-corrected chi connectivity index (χ2v) is 9.07. The van der Waals surface area contributed by atoms with Crippen molar-refractivity contribution in [2.45, 2.75) is 97.6 Å². The van der Waals surface area contributed by atoms with Crippen LogP contribution in [0.3, 0.4) is 0 Å². The normalized spacial score (nSPS) is 20.9. The Balaban J connectivity index is 2.20. The molecule has 0 saturated carbocycles. The van der Waals surface area contributed by atoms with E-state index in [0.29, 0.717) is 17.8 Å². The summed E-state index contributed by atoms with van der Waals surface area (Å²) >= 11 is 0. The van der Waals surface area contributed by atoms with E-state index in [1.165, 1.54) is 16.7 Å². The Morgan fingerprint density at radius 2 is 1.12 bits per heavy atom. The standard InChI is InChI=1S/C21H35BO2/c1-14(2)17-10-18(15(3)4)12-19(11-17)16(5)13-22-23-20(6,7)21(8,9)24-22/h10-12,14-16H,13H2,1-9H3. The van der Waals surface area contributed by atoms with Gasteiger partial charge in [-0.25, -0.2) is 0 Å². The predicted octanol–water partition coefficient (Wildman–Crippen LogP) is 6.13. The first-order chi connectivity index (χ1) is 10.9. The smallest absolute Gasteiger partial charge is 0.403 e. The van der Waals surface area contributed by atoms with E-state index in [1.54, 1.807) is 0 Å². The Bertz CT molecular complexity index is 533. The van der Waals surface area contributed by atoms with Crippen molar-refractivity contribution >= 4 is 7.12 Å². The third kappa shape index (κ3) is 4.05. The molecule has 0 aromatic heterocycles. The highest BCUT2D eigenvalue weighted by Gasteiger charge is 2.51. The molecule has 24 heavy (non-hydrogen) atoms. The summed E-state index contributed by atoms with van der Waals surface area (Å²) in [6.45, 7) is 19.8. The molecule has 1 atom stereocenters. The maximum absolute atomic E-state index is 6.19. The maximum atomic E-state index is 6.19. The number of benzene rings is 1. The summed E-state index contributed by atoms with van der Waals surface area (Å²) in [7, 11) is -0.129. The average molecular weight is 330 g/mol. The first-order valence-corrected chi connectivity index (χ1v) is 9.43. The van der Waals surface area contributed by atoms with Gasteiger partial charge in [-0.15, -0.1) is 0 Å². The quantitative estimate of drug-likeness (QED) is 0.605. The average Bonchev–Trinajstić information content (AvgIpc) is 2.65. The van der Waals surface area contributed by atoms with E-state index in [4.69, 9.17) is 9.31 Å². The molecule has 3 heteroatoms. The molecule has 1 fully saturated rings. The lowest BCUT2D eigenvalue weighted by atomic mass is 9.74. The molecule has 0 amide bonds. The van der Waals surface area contributed by atoms with Crippen molar-refractivity contribution in [3.63, 3.8) is 0 Å². The van der Waals surface area contributed by atoms with Crippen molar-refractivity contribution in [1.29, 1.82) is 0 Å². The van der Waals surface area contributed by atoms with Gasteiger partial charge in [0.15, 0.2) is 0 Å². The molecule has 1 aliphatic rings. The fraction of sp³-hybridized carbons (Fsp3) is 0.714. The lowest BCUT2D eigenvalue weighted by Gasteiger charge is -2.32. The van der Waals surface area contributed by atoms with Crippen molar-refractivity contribution in [2.24, 2.45) is 0 Å². The lowest BCUT2D eigenvalue weighted by molar-refractivity contribution is 0.00578. The Hall–Kier alpha value is -0.795. The third-order valence-corrected chi connectivity index (χ3v) is 5.75. The van der Waals surface area contributed by atoms with Crippen LogP contribution in [0.2, 0.25) is 6.32 Å². The van der Waals surface area contributed by atoms with Crippen LogP contribution in [0.25, 0.3) is 0 Å². The fourth-order valence-electron chi connectivity index (χ4n) is 3.14. The van der Waals surface area contributed by atoms with Gasteiger partial charge < -0.3 is 9.31 Å². The molecule has 1 aromatic rings. The highest BCUT2D eigenvalue weighted by molar-refractivity contribution is 6.45. The third-order valence-electron chi connectivity index (χ3n) is 5.75. The number of hydrogen-bond donors (Lipinski definition) is 0. The molecule has 2 nitrogen and oxygen atoms in total. The SMILES string of the molecule is CC(C)c1cc(C(C)C)cc(C(C)CB2OC(C)(C)C(C)(C)O2)c1.